The lowest BCUT2D eigenvalue weighted by atomic mass is 10.00. The van der Waals surface area contributed by atoms with Crippen molar-refractivity contribution >= 4 is 22.8 Å². The second-order valence-electron chi connectivity index (χ2n) is 7.82. The van der Waals surface area contributed by atoms with E-state index >= 15 is 0 Å². The minimum atomic E-state index is 0.462. The first-order valence-corrected chi connectivity index (χ1v) is 10.5. The van der Waals surface area contributed by atoms with Gasteiger partial charge in [0.1, 0.15) is 5.82 Å². The summed E-state index contributed by atoms with van der Waals surface area (Å²) in [7, 11) is 1.67. The molecule has 0 saturated carbocycles. The summed E-state index contributed by atoms with van der Waals surface area (Å²) in [6.07, 6.45) is 0. The minimum Gasteiger partial charge on any atom is -0.383 e. The first-order valence-electron chi connectivity index (χ1n) is 10.5. The molecule has 0 spiro atoms. The van der Waals surface area contributed by atoms with Crippen molar-refractivity contribution < 1.29 is 4.74 Å². The number of nitrogens with zero attached hydrogens (tertiary/aromatic N) is 4. The van der Waals surface area contributed by atoms with Crippen molar-refractivity contribution in [2.45, 2.75) is 26.3 Å². The molecule has 7 nitrogen and oxygen atoms in total. The van der Waals surface area contributed by atoms with Crippen molar-refractivity contribution in [3.63, 3.8) is 0 Å². The van der Waals surface area contributed by atoms with Gasteiger partial charge in [0.25, 0.3) is 0 Å². The third-order valence-corrected chi connectivity index (χ3v) is 5.25. The van der Waals surface area contributed by atoms with Crippen molar-refractivity contribution in [2.24, 2.45) is 0 Å². The Hall–Kier alpha value is -3.45. The van der Waals surface area contributed by atoms with Gasteiger partial charge in [-0.15, -0.1) is 5.10 Å². The number of nitrogen functional groups attached to an aromatic ring is 1. The summed E-state index contributed by atoms with van der Waals surface area (Å²) >= 11 is 0. The topological polar surface area (TPSA) is 90.9 Å². The van der Waals surface area contributed by atoms with Crippen LogP contribution in [0.1, 0.15) is 30.9 Å². The lowest BCUT2D eigenvalue weighted by molar-refractivity contribution is 0.210. The highest BCUT2D eigenvalue weighted by atomic mass is 16.5. The van der Waals surface area contributed by atoms with E-state index in [1.807, 2.05) is 18.2 Å². The highest BCUT2D eigenvalue weighted by Crippen LogP contribution is 2.32. The Balaban J connectivity index is 1.80. The van der Waals surface area contributed by atoms with E-state index in [2.05, 4.69) is 60.5 Å². The second kappa shape index (κ2) is 9.14. The molecule has 7 heteroatoms. The number of rotatable bonds is 8. The highest BCUT2D eigenvalue weighted by molar-refractivity contribution is 5.99. The third-order valence-electron chi connectivity index (χ3n) is 5.25. The van der Waals surface area contributed by atoms with E-state index < -0.39 is 0 Å². The number of anilines is 2. The van der Waals surface area contributed by atoms with Gasteiger partial charge in [0.15, 0.2) is 5.65 Å². The SMILES string of the molecule is COCCNc1nc(-c2ccc(C(C)C)cc2)c2c(N)n(Cc3ccccc3)nc2n1. The second-order valence-corrected chi connectivity index (χ2v) is 7.82. The van der Waals surface area contributed by atoms with Crippen LogP contribution >= 0.6 is 0 Å². The van der Waals surface area contributed by atoms with E-state index in [-0.39, 0.29) is 0 Å². The molecule has 0 amide bonds. The molecule has 0 saturated heterocycles. The number of fused-ring (bicyclic) bond motifs is 1. The van der Waals surface area contributed by atoms with Crippen LogP contribution in [0.2, 0.25) is 0 Å². The Morgan fingerprint density at radius 3 is 2.45 bits per heavy atom. The van der Waals surface area contributed by atoms with Crippen molar-refractivity contribution in [1.29, 1.82) is 0 Å². The quantitative estimate of drug-likeness (QED) is 0.416. The van der Waals surface area contributed by atoms with Crippen molar-refractivity contribution in [3.05, 3.63) is 65.7 Å². The number of ether oxygens (including phenoxy) is 1. The van der Waals surface area contributed by atoms with Gasteiger partial charge in [-0.2, -0.15) is 4.98 Å². The van der Waals surface area contributed by atoms with Gasteiger partial charge in [-0.3, -0.25) is 0 Å². The van der Waals surface area contributed by atoms with Gasteiger partial charge in [-0.25, -0.2) is 9.67 Å². The van der Waals surface area contributed by atoms with Gasteiger partial charge in [0, 0.05) is 19.2 Å². The first-order chi connectivity index (χ1) is 15.1. The van der Waals surface area contributed by atoms with Gasteiger partial charge in [0.2, 0.25) is 5.95 Å². The lowest BCUT2D eigenvalue weighted by Crippen LogP contribution is -2.10. The number of aromatic nitrogens is 4. The van der Waals surface area contributed by atoms with Gasteiger partial charge in [0.05, 0.1) is 24.2 Å². The molecule has 0 atom stereocenters. The third kappa shape index (κ3) is 4.51. The van der Waals surface area contributed by atoms with Crippen molar-refractivity contribution in [1.82, 2.24) is 19.7 Å². The number of nitrogens with two attached hydrogens (primary N) is 1. The Bertz CT molecular complexity index is 1150. The summed E-state index contributed by atoms with van der Waals surface area (Å²) in [5.41, 5.74) is 11.3. The van der Waals surface area contributed by atoms with E-state index in [1.165, 1.54) is 5.56 Å². The summed E-state index contributed by atoms with van der Waals surface area (Å²) in [5, 5.41) is 8.69. The zero-order valence-electron chi connectivity index (χ0n) is 18.2. The normalized spacial score (nSPS) is 11.4. The molecule has 0 aliphatic heterocycles. The molecule has 0 aliphatic carbocycles. The first kappa shape index (κ1) is 20.8. The molecule has 0 radical (unpaired) electrons. The molecule has 160 valence electrons. The minimum absolute atomic E-state index is 0.462. The predicted octanol–water partition coefficient (Wildman–Crippen LogP) is 4.31. The fraction of sp³-hybridized carbons (Fsp3) is 0.292. The van der Waals surface area contributed by atoms with Crippen LogP contribution in [0.3, 0.4) is 0 Å². The molecule has 0 bridgehead atoms. The molecule has 0 unspecified atom stereocenters. The van der Waals surface area contributed by atoms with Gasteiger partial charge < -0.3 is 15.8 Å². The maximum Gasteiger partial charge on any atom is 0.225 e. The molecule has 0 aliphatic rings. The van der Waals surface area contributed by atoms with Crippen LogP contribution in [0.5, 0.6) is 0 Å². The van der Waals surface area contributed by atoms with Gasteiger partial charge in [-0.05, 0) is 17.0 Å². The van der Waals surface area contributed by atoms with Gasteiger partial charge >= 0.3 is 0 Å². The van der Waals surface area contributed by atoms with Crippen LogP contribution in [0.15, 0.2) is 54.6 Å². The van der Waals surface area contributed by atoms with Crippen LogP contribution in [0.4, 0.5) is 11.8 Å². The number of methoxy groups -OCH3 is 1. The molecule has 2 heterocycles. The largest absolute Gasteiger partial charge is 0.383 e. The molecule has 0 fully saturated rings. The van der Waals surface area contributed by atoms with E-state index in [9.17, 15) is 0 Å². The molecule has 31 heavy (non-hydrogen) atoms. The van der Waals surface area contributed by atoms with E-state index in [0.717, 1.165) is 22.2 Å². The summed E-state index contributed by atoms with van der Waals surface area (Å²) in [6.45, 7) is 6.10. The molecular weight excluding hydrogens is 388 g/mol. The van der Waals surface area contributed by atoms with E-state index in [1.54, 1.807) is 11.8 Å². The zero-order chi connectivity index (χ0) is 21.8. The summed E-state index contributed by atoms with van der Waals surface area (Å²) in [5.74, 6) is 1.53. The Morgan fingerprint density at radius 2 is 1.77 bits per heavy atom. The molecule has 2 aromatic heterocycles. The smallest absolute Gasteiger partial charge is 0.225 e. The average Bonchev–Trinajstić information content (AvgIpc) is 3.09. The molecule has 3 N–H and O–H groups in total. The molecule has 2 aromatic carbocycles. The summed E-state index contributed by atoms with van der Waals surface area (Å²) in [6, 6.07) is 18.6. The number of benzene rings is 2. The van der Waals surface area contributed by atoms with Crippen LogP contribution < -0.4 is 11.1 Å². The van der Waals surface area contributed by atoms with Crippen LogP contribution in [0.25, 0.3) is 22.3 Å². The summed E-state index contributed by atoms with van der Waals surface area (Å²) in [4.78, 5) is 9.40. The van der Waals surface area contributed by atoms with E-state index in [0.29, 0.717) is 43.0 Å². The Labute approximate surface area is 182 Å². The molecule has 4 aromatic rings. The lowest BCUT2D eigenvalue weighted by Gasteiger charge is -2.10. The Morgan fingerprint density at radius 1 is 1.03 bits per heavy atom. The maximum atomic E-state index is 6.55. The Kier molecular flexibility index (Phi) is 6.13. The summed E-state index contributed by atoms with van der Waals surface area (Å²) < 4.78 is 6.92. The average molecular weight is 417 g/mol. The zero-order valence-corrected chi connectivity index (χ0v) is 18.2. The van der Waals surface area contributed by atoms with Crippen LogP contribution in [-0.2, 0) is 11.3 Å². The van der Waals surface area contributed by atoms with Crippen molar-refractivity contribution in [2.75, 3.05) is 31.3 Å². The van der Waals surface area contributed by atoms with Crippen LogP contribution in [-0.4, -0.2) is 40.0 Å². The predicted molar refractivity (Wildman–Crippen MR) is 125 cm³/mol. The number of nitrogens with one attached hydrogen (secondary N) is 1. The highest BCUT2D eigenvalue weighted by Gasteiger charge is 2.18. The fourth-order valence-corrected chi connectivity index (χ4v) is 3.51. The van der Waals surface area contributed by atoms with Crippen LogP contribution in [0, 0.1) is 0 Å². The monoisotopic (exact) mass is 416 g/mol. The number of hydrogen-bond donors (Lipinski definition) is 2. The molecule has 4 rings (SSSR count). The fourth-order valence-electron chi connectivity index (χ4n) is 3.51. The van der Waals surface area contributed by atoms with Crippen molar-refractivity contribution in [3.8, 4) is 11.3 Å². The van der Waals surface area contributed by atoms with E-state index in [4.69, 9.17) is 20.6 Å². The van der Waals surface area contributed by atoms with Gasteiger partial charge in [-0.1, -0.05) is 68.4 Å². The number of hydrogen-bond acceptors (Lipinski definition) is 6. The molecular formula is C24H28N6O. The maximum absolute atomic E-state index is 6.55. The standard InChI is InChI=1S/C24H28N6O/c1-16(2)18-9-11-19(12-10-18)21-20-22(25)30(15-17-7-5-4-6-8-17)29-23(20)28-24(27-21)26-13-14-31-3/h4-12,16H,13-15,25H2,1-3H3,(H,26,28,29).